The molecule has 1 atom stereocenters. The summed E-state index contributed by atoms with van der Waals surface area (Å²) in [6.45, 7) is 2.68. The van der Waals surface area contributed by atoms with Crippen molar-refractivity contribution in [3.8, 4) is 0 Å². The molecule has 0 radical (unpaired) electrons. The van der Waals surface area contributed by atoms with Crippen LogP contribution in [0.1, 0.15) is 23.0 Å². The third-order valence-corrected chi connectivity index (χ3v) is 3.08. The monoisotopic (exact) mass is 270 g/mol. The molecule has 2 N–H and O–H groups in total. The van der Waals surface area contributed by atoms with Gasteiger partial charge < -0.3 is 15.4 Å². The Hall–Kier alpha value is -1.40. The van der Waals surface area contributed by atoms with Crippen molar-refractivity contribution >= 4 is 23.2 Å². The lowest BCUT2D eigenvalue weighted by molar-refractivity contribution is -0.121. The highest BCUT2D eigenvalue weighted by Crippen LogP contribution is 2.07. The summed E-state index contributed by atoms with van der Waals surface area (Å²) in [7, 11) is 1.59. The van der Waals surface area contributed by atoms with E-state index in [0.717, 1.165) is 0 Å². The van der Waals surface area contributed by atoms with E-state index >= 15 is 0 Å². The molecule has 0 aliphatic carbocycles. The molecule has 0 spiro atoms. The predicted octanol–water partition coefficient (Wildman–Crippen LogP) is 1.02. The Morgan fingerprint density at radius 1 is 1.50 bits per heavy atom. The number of carbonyl (C=O) groups excluding carboxylic acids is 2. The zero-order valence-electron chi connectivity index (χ0n) is 10.6. The zero-order valence-corrected chi connectivity index (χ0v) is 11.4. The van der Waals surface area contributed by atoms with Crippen LogP contribution in [0.4, 0.5) is 0 Å². The van der Waals surface area contributed by atoms with Crippen LogP contribution in [0.2, 0.25) is 0 Å². The number of hydrogen-bond acceptors (Lipinski definition) is 4. The summed E-state index contributed by atoms with van der Waals surface area (Å²) in [5.41, 5.74) is 0. The topological polar surface area (TPSA) is 67.4 Å². The van der Waals surface area contributed by atoms with Crippen molar-refractivity contribution < 1.29 is 14.3 Å². The van der Waals surface area contributed by atoms with Crippen LogP contribution in [-0.2, 0) is 9.53 Å². The normalized spacial score (nSPS) is 11.9. The average molecular weight is 270 g/mol. The van der Waals surface area contributed by atoms with Gasteiger partial charge in [0.1, 0.15) is 0 Å². The standard InChI is InChI=1S/C12H18N2O3S/c1-9(8-17-2)14-11(15)5-6-13-12(16)10-4-3-7-18-10/h3-4,7,9H,5-6,8H2,1-2H3,(H,13,16)(H,14,15). The van der Waals surface area contributed by atoms with Gasteiger partial charge in [-0.3, -0.25) is 9.59 Å². The fourth-order valence-corrected chi connectivity index (χ4v) is 2.06. The molecule has 1 heterocycles. The van der Waals surface area contributed by atoms with Crippen molar-refractivity contribution in [2.24, 2.45) is 0 Å². The maximum atomic E-state index is 11.6. The number of carbonyl (C=O) groups is 2. The second-order valence-corrected chi connectivity index (χ2v) is 4.85. The molecular formula is C12H18N2O3S. The lowest BCUT2D eigenvalue weighted by atomic mass is 10.3. The van der Waals surface area contributed by atoms with E-state index in [1.807, 2.05) is 18.4 Å². The Morgan fingerprint density at radius 2 is 2.28 bits per heavy atom. The van der Waals surface area contributed by atoms with Gasteiger partial charge >= 0.3 is 0 Å². The van der Waals surface area contributed by atoms with Crippen LogP contribution in [0.5, 0.6) is 0 Å². The van der Waals surface area contributed by atoms with Crippen molar-refractivity contribution in [3.63, 3.8) is 0 Å². The molecule has 0 aromatic carbocycles. The summed E-state index contributed by atoms with van der Waals surface area (Å²) in [6.07, 6.45) is 0.269. The van der Waals surface area contributed by atoms with Crippen LogP contribution in [0, 0.1) is 0 Å². The average Bonchev–Trinajstić information content (AvgIpc) is 2.82. The quantitative estimate of drug-likeness (QED) is 0.777. The molecule has 1 rings (SSSR count). The summed E-state index contributed by atoms with van der Waals surface area (Å²) in [5, 5.41) is 7.32. The summed E-state index contributed by atoms with van der Waals surface area (Å²) in [6, 6.07) is 3.55. The molecule has 0 saturated carbocycles. The number of amides is 2. The maximum absolute atomic E-state index is 11.6. The molecule has 100 valence electrons. The van der Waals surface area contributed by atoms with Gasteiger partial charge in [-0.25, -0.2) is 0 Å². The molecular weight excluding hydrogens is 252 g/mol. The lowest BCUT2D eigenvalue weighted by Crippen LogP contribution is -2.37. The molecule has 6 heteroatoms. The first-order chi connectivity index (χ1) is 8.63. The van der Waals surface area contributed by atoms with Crippen molar-refractivity contribution in [2.75, 3.05) is 20.3 Å². The number of ether oxygens (including phenoxy) is 1. The van der Waals surface area contributed by atoms with Crippen LogP contribution in [0.3, 0.4) is 0 Å². The maximum Gasteiger partial charge on any atom is 0.261 e. The molecule has 1 aromatic rings. The fourth-order valence-electron chi connectivity index (χ4n) is 1.42. The van der Waals surface area contributed by atoms with E-state index in [9.17, 15) is 9.59 Å². The highest BCUT2D eigenvalue weighted by Gasteiger charge is 2.09. The molecule has 0 saturated heterocycles. The van der Waals surface area contributed by atoms with E-state index in [2.05, 4.69) is 10.6 Å². The third kappa shape index (κ3) is 5.29. The number of nitrogens with one attached hydrogen (secondary N) is 2. The van der Waals surface area contributed by atoms with E-state index in [4.69, 9.17) is 4.74 Å². The van der Waals surface area contributed by atoms with Gasteiger partial charge in [-0.1, -0.05) is 6.07 Å². The summed E-state index contributed by atoms with van der Waals surface area (Å²) < 4.78 is 4.91. The van der Waals surface area contributed by atoms with Gasteiger partial charge in [-0.05, 0) is 18.4 Å². The van der Waals surface area contributed by atoms with Gasteiger partial charge in [0, 0.05) is 26.1 Å². The molecule has 0 bridgehead atoms. The van der Waals surface area contributed by atoms with Gasteiger partial charge in [-0.2, -0.15) is 0 Å². The highest BCUT2D eigenvalue weighted by atomic mass is 32.1. The van der Waals surface area contributed by atoms with Crippen molar-refractivity contribution in [1.82, 2.24) is 10.6 Å². The molecule has 1 unspecified atom stereocenters. The largest absolute Gasteiger partial charge is 0.383 e. The molecule has 0 fully saturated rings. The Kier molecular flexibility index (Phi) is 6.38. The third-order valence-electron chi connectivity index (χ3n) is 2.21. The van der Waals surface area contributed by atoms with Crippen molar-refractivity contribution in [2.45, 2.75) is 19.4 Å². The summed E-state index contributed by atoms with van der Waals surface area (Å²) in [4.78, 5) is 23.7. The zero-order chi connectivity index (χ0) is 13.4. The number of thiophene rings is 1. The van der Waals surface area contributed by atoms with Gasteiger partial charge in [-0.15, -0.1) is 11.3 Å². The van der Waals surface area contributed by atoms with Crippen molar-refractivity contribution in [1.29, 1.82) is 0 Å². The second-order valence-electron chi connectivity index (χ2n) is 3.91. The minimum atomic E-state index is -0.136. The van der Waals surface area contributed by atoms with Gasteiger partial charge in [0.05, 0.1) is 11.5 Å². The van der Waals surface area contributed by atoms with Crippen LogP contribution in [0.25, 0.3) is 0 Å². The predicted molar refractivity (Wildman–Crippen MR) is 70.7 cm³/mol. The number of hydrogen-bond donors (Lipinski definition) is 2. The number of rotatable bonds is 7. The smallest absolute Gasteiger partial charge is 0.261 e. The van der Waals surface area contributed by atoms with E-state index in [1.54, 1.807) is 13.2 Å². The first-order valence-corrected chi connectivity index (χ1v) is 6.61. The van der Waals surface area contributed by atoms with Crippen LogP contribution < -0.4 is 10.6 Å². The van der Waals surface area contributed by atoms with Crippen LogP contribution >= 0.6 is 11.3 Å². The van der Waals surface area contributed by atoms with Gasteiger partial charge in [0.25, 0.3) is 5.91 Å². The lowest BCUT2D eigenvalue weighted by Gasteiger charge is -2.12. The SMILES string of the molecule is COCC(C)NC(=O)CCNC(=O)c1cccs1. The molecule has 0 aliphatic heterocycles. The minimum Gasteiger partial charge on any atom is -0.383 e. The molecule has 2 amide bonds. The summed E-state index contributed by atoms with van der Waals surface area (Å²) >= 11 is 1.38. The Morgan fingerprint density at radius 3 is 2.89 bits per heavy atom. The fraction of sp³-hybridized carbons (Fsp3) is 0.500. The van der Waals surface area contributed by atoms with E-state index in [1.165, 1.54) is 11.3 Å². The molecule has 18 heavy (non-hydrogen) atoms. The van der Waals surface area contributed by atoms with Gasteiger partial charge in [0.2, 0.25) is 5.91 Å². The first-order valence-electron chi connectivity index (χ1n) is 5.73. The Bertz CT molecular complexity index is 379. The van der Waals surface area contributed by atoms with E-state index < -0.39 is 0 Å². The first kappa shape index (κ1) is 14.7. The Labute approximate surface area is 111 Å². The molecule has 1 aromatic heterocycles. The van der Waals surface area contributed by atoms with Crippen molar-refractivity contribution in [3.05, 3.63) is 22.4 Å². The van der Waals surface area contributed by atoms with E-state index in [-0.39, 0.29) is 24.3 Å². The highest BCUT2D eigenvalue weighted by molar-refractivity contribution is 7.12. The minimum absolute atomic E-state index is 0.0181. The summed E-state index contributed by atoms with van der Waals surface area (Å²) in [5.74, 6) is -0.228. The van der Waals surface area contributed by atoms with Gasteiger partial charge in [0.15, 0.2) is 0 Å². The van der Waals surface area contributed by atoms with E-state index in [0.29, 0.717) is 18.0 Å². The molecule has 0 aliphatic rings. The Balaban J connectivity index is 2.17. The van der Waals surface area contributed by atoms with Crippen LogP contribution in [-0.4, -0.2) is 38.1 Å². The molecule has 5 nitrogen and oxygen atoms in total. The second kappa shape index (κ2) is 7.84. The number of methoxy groups -OCH3 is 1. The van der Waals surface area contributed by atoms with Crippen LogP contribution in [0.15, 0.2) is 17.5 Å².